The van der Waals surface area contributed by atoms with Gasteiger partial charge >= 0.3 is 0 Å². The predicted octanol–water partition coefficient (Wildman–Crippen LogP) is 4.22. The minimum Gasteiger partial charge on any atom is -0.492 e. The van der Waals surface area contributed by atoms with Gasteiger partial charge in [0.05, 0.1) is 31.3 Å². The van der Waals surface area contributed by atoms with Gasteiger partial charge in [-0.3, -0.25) is 4.39 Å². The molecule has 3 heterocycles. The molecule has 3 aromatic rings. The van der Waals surface area contributed by atoms with E-state index < -0.39 is 0 Å². The maximum Gasteiger partial charge on any atom is 0.231 e. The molecule has 0 bridgehead atoms. The van der Waals surface area contributed by atoms with E-state index in [2.05, 4.69) is 29.0 Å². The molecule has 0 radical (unpaired) electrons. The fourth-order valence-corrected chi connectivity index (χ4v) is 4.10. The normalized spacial score (nSPS) is 13.9. The van der Waals surface area contributed by atoms with Crippen molar-refractivity contribution in [1.82, 2.24) is 0 Å². The van der Waals surface area contributed by atoms with E-state index in [-0.39, 0.29) is 13.5 Å². The lowest BCUT2D eigenvalue weighted by Gasteiger charge is -2.17. The number of rotatable bonds is 6. The molecule has 0 saturated carbocycles. The van der Waals surface area contributed by atoms with Crippen LogP contribution < -0.4 is 23.5 Å². The van der Waals surface area contributed by atoms with Gasteiger partial charge in [0.15, 0.2) is 35.7 Å². The Hall–Kier alpha value is -3.02. The number of aromatic nitrogens is 1. The van der Waals surface area contributed by atoms with E-state index >= 15 is 0 Å². The lowest BCUT2D eigenvalue weighted by atomic mass is 9.95. The maximum atomic E-state index is 12.3. The first kappa shape index (κ1) is 18.0. The standard InChI is InChI=1S/C23H23FNO4/c1-26-23-18-13-25-8-6-16-11-21-22(29-14-28-21)12-17(16)19(25)10-15(18)4-5-20(23)27-9-3-2-7-24/h4-5,10-13H,2-3,6-9,14H2,1H3/q+1/i24-1. The van der Waals surface area contributed by atoms with E-state index in [1.165, 1.54) is 11.1 Å². The Labute approximate surface area is 168 Å². The zero-order valence-corrected chi connectivity index (χ0v) is 16.4. The number of methoxy groups -OCH3 is 1. The molecule has 2 aliphatic heterocycles. The molecule has 0 amide bonds. The molecule has 0 saturated heterocycles. The number of unbranched alkanes of at least 4 members (excludes halogenated alkanes) is 1. The minimum atomic E-state index is -0.317. The van der Waals surface area contributed by atoms with Crippen molar-refractivity contribution >= 4 is 10.8 Å². The highest BCUT2D eigenvalue weighted by molar-refractivity contribution is 5.91. The Morgan fingerprint density at radius 2 is 1.97 bits per heavy atom. The van der Waals surface area contributed by atoms with Gasteiger partial charge in [-0.2, -0.15) is 4.57 Å². The number of aryl methyl sites for hydroxylation is 2. The number of benzene rings is 2. The quantitative estimate of drug-likeness (QED) is 0.463. The van der Waals surface area contributed by atoms with Gasteiger partial charge in [0, 0.05) is 12.5 Å². The van der Waals surface area contributed by atoms with Crippen molar-refractivity contribution in [3.05, 3.63) is 42.1 Å². The second kappa shape index (κ2) is 7.43. The van der Waals surface area contributed by atoms with Crippen molar-refractivity contribution < 1.29 is 27.9 Å². The number of ether oxygens (including phenoxy) is 4. The average molecular weight is 395 g/mol. The molecule has 2 aromatic carbocycles. The highest BCUT2D eigenvalue weighted by atomic mass is 18.2. The summed E-state index contributed by atoms with van der Waals surface area (Å²) in [6.07, 6.45) is 4.25. The van der Waals surface area contributed by atoms with E-state index in [0.717, 1.165) is 46.7 Å². The monoisotopic (exact) mass is 395 g/mol. The van der Waals surface area contributed by atoms with Crippen molar-refractivity contribution in [2.75, 3.05) is 27.2 Å². The molecule has 5 nitrogen and oxygen atoms in total. The van der Waals surface area contributed by atoms with Crippen LogP contribution in [0.1, 0.15) is 18.4 Å². The van der Waals surface area contributed by atoms with Crippen LogP contribution in [0.25, 0.3) is 22.0 Å². The molecule has 1 aromatic heterocycles. The Balaban J connectivity index is 1.56. The van der Waals surface area contributed by atoms with Gasteiger partial charge in [-0.05, 0) is 48.1 Å². The number of alkyl halides is 1. The lowest BCUT2D eigenvalue weighted by Crippen LogP contribution is -2.40. The van der Waals surface area contributed by atoms with E-state index in [9.17, 15) is 4.39 Å². The lowest BCUT2D eigenvalue weighted by molar-refractivity contribution is -0.686. The fraction of sp³-hybridized carbons (Fsp3) is 0.348. The van der Waals surface area contributed by atoms with Crippen LogP contribution in [0.4, 0.5) is 4.39 Å². The molecule has 150 valence electrons. The first-order valence-electron chi connectivity index (χ1n) is 9.94. The van der Waals surface area contributed by atoms with Crippen LogP contribution in [-0.2, 0) is 13.0 Å². The van der Waals surface area contributed by atoms with Gasteiger partial charge in [-0.25, -0.2) is 0 Å². The van der Waals surface area contributed by atoms with E-state index in [4.69, 9.17) is 18.9 Å². The highest BCUT2D eigenvalue weighted by Gasteiger charge is 2.28. The maximum absolute atomic E-state index is 12.3. The summed E-state index contributed by atoms with van der Waals surface area (Å²) in [5, 5.41) is 2.08. The summed E-state index contributed by atoms with van der Waals surface area (Å²) in [7, 11) is 1.66. The van der Waals surface area contributed by atoms with Crippen LogP contribution in [0.15, 0.2) is 36.5 Å². The zero-order valence-electron chi connectivity index (χ0n) is 16.4. The molecular formula is C23H23FNO4+. The number of hydrogen-bond donors (Lipinski definition) is 0. The van der Waals surface area contributed by atoms with Crippen LogP contribution in [0.5, 0.6) is 23.0 Å². The number of nitrogens with zero attached hydrogens (tertiary/aromatic N) is 1. The fourth-order valence-electron chi connectivity index (χ4n) is 4.10. The van der Waals surface area contributed by atoms with Gasteiger partial charge < -0.3 is 18.9 Å². The molecule has 29 heavy (non-hydrogen) atoms. The Morgan fingerprint density at radius 1 is 1.10 bits per heavy atom. The summed E-state index contributed by atoms with van der Waals surface area (Å²) in [6, 6.07) is 10.3. The van der Waals surface area contributed by atoms with Gasteiger partial charge in [0.1, 0.15) is 0 Å². The molecule has 0 atom stereocenters. The van der Waals surface area contributed by atoms with E-state index in [1.807, 2.05) is 12.1 Å². The smallest absolute Gasteiger partial charge is 0.231 e. The van der Waals surface area contributed by atoms with Crippen molar-refractivity contribution in [2.24, 2.45) is 0 Å². The van der Waals surface area contributed by atoms with Crippen molar-refractivity contribution in [2.45, 2.75) is 25.8 Å². The summed E-state index contributed by atoms with van der Waals surface area (Å²) in [5.74, 6) is 3.04. The van der Waals surface area contributed by atoms with Crippen molar-refractivity contribution in [3.8, 4) is 34.3 Å². The first-order chi connectivity index (χ1) is 14.3. The third-order valence-corrected chi connectivity index (χ3v) is 5.57. The molecule has 0 fully saturated rings. The Kier molecular flexibility index (Phi) is 4.62. The number of hydrogen-bond acceptors (Lipinski definition) is 4. The van der Waals surface area contributed by atoms with Crippen molar-refractivity contribution in [3.63, 3.8) is 0 Å². The van der Waals surface area contributed by atoms with Crippen LogP contribution in [0.2, 0.25) is 0 Å². The molecule has 0 unspecified atom stereocenters. The second-order valence-electron chi connectivity index (χ2n) is 7.31. The molecule has 0 spiro atoms. The van der Waals surface area contributed by atoms with Crippen LogP contribution in [0.3, 0.4) is 0 Å². The number of fused-ring (bicyclic) bond motifs is 5. The average Bonchev–Trinajstić information content (AvgIpc) is 3.21. The number of halogens is 1. The molecule has 5 rings (SSSR count). The molecule has 0 N–H and O–H groups in total. The Bertz CT molecular complexity index is 1080. The zero-order chi connectivity index (χ0) is 19.8. The van der Waals surface area contributed by atoms with Crippen molar-refractivity contribution in [1.29, 1.82) is 0 Å². The van der Waals surface area contributed by atoms with Gasteiger partial charge in [-0.15, -0.1) is 0 Å². The largest absolute Gasteiger partial charge is 0.492 e. The first-order valence-corrected chi connectivity index (χ1v) is 9.94. The topological polar surface area (TPSA) is 40.8 Å². The second-order valence-corrected chi connectivity index (χ2v) is 7.31. The third kappa shape index (κ3) is 3.12. The van der Waals surface area contributed by atoms with Crippen LogP contribution in [-0.4, -0.2) is 27.2 Å². The molecule has 0 aliphatic carbocycles. The SMILES string of the molecule is COc1c(OCCCC[18F])ccc2cc3[n+](cc12)CCc1cc2c(cc1-3)OCO2. The summed E-state index contributed by atoms with van der Waals surface area (Å²) in [4.78, 5) is 0. The third-order valence-electron chi connectivity index (χ3n) is 5.57. The minimum absolute atomic E-state index is 0.279. The van der Waals surface area contributed by atoms with E-state index in [0.29, 0.717) is 25.2 Å². The molecule has 2 aliphatic rings. The summed E-state index contributed by atoms with van der Waals surface area (Å²) < 4.78 is 37.2. The van der Waals surface area contributed by atoms with Gasteiger partial charge in [0.2, 0.25) is 12.5 Å². The predicted molar refractivity (Wildman–Crippen MR) is 107 cm³/mol. The summed E-state index contributed by atoms with van der Waals surface area (Å²) >= 11 is 0. The van der Waals surface area contributed by atoms with Gasteiger partial charge in [-0.1, -0.05) is 0 Å². The summed E-state index contributed by atoms with van der Waals surface area (Å²) in [5.41, 5.74) is 3.59. The van der Waals surface area contributed by atoms with E-state index in [1.54, 1.807) is 7.11 Å². The number of pyridine rings is 1. The van der Waals surface area contributed by atoms with Gasteiger partial charge in [0.25, 0.3) is 0 Å². The summed E-state index contributed by atoms with van der Waals surface area (Å²) in [6.45, 7) is 1.32. The molecular weight excluding hydrogens is 372 g/mol. The highest BCUT2D eigenvalue weighted by Crippen LogP contribution is 2.41. The Morgan fingerprint density at radius 3 is 2.79 bits per heavy atom. The van der Waals surface area contributed by atoms with Crippen LogP contribution >= 0.6 is 0 Å². The van der Waals surface area contributed by atoms with Crippen LogP contribution in [0, 0.1) is 0 Å². The molecule has 6 heteroatoms.